The molecule has 9 heteroatoms. The predicted molar refractivity (Wildman–Crippen MR) is 131 cm³/mol. The molecule has 6 nitrogen and oxygen atoms in total. The molecule has 0 aliphatic carbocycles. The summed E-state index contributed by atoms with van der Waals surface area (Å²) in [6, 6.07) is 19.2. The van der Waals surface area contributed by atoms with Crippen molar-refractivity contribution in [1.82, 2.24) is 4.90 Å². The molecule has 0 heterocycles. The van der Waals surface area contributed by atoms with Crippen molar-refractivity contribution in [1.29, 1.82) is 0 Å². The topological polar surface area (TPSA) is 61.9 Å². The molecule has 176 valence electrons. The minimum atomic E-state index is -3.83. The highest BCUT2D eigenvalue weighted by Gasteiger charge is 2.26. The molecule has 0 atom stereocenters. The van der Waals surface area contributed by atoms with Crippen molar-refractivity contribution in [2.75, 3.05) is 50.0 Å². The summed E-state index contributed by atoms with van der Waals surface area (Å²) in [5, 5.41) is 3.73. The van der Waals surface area contributed by atoms with Gasteiger partial charge < -0.3 is 15.0 Å². The van der Waals surface area contributed by atoms with Crippen LogP contribution in [0, 0.1) is 5.82 Å². The first-order valence-corrected chi connectivity index (χ1v) is 12.2. The van der Waals surface area contributed by atoms with E-state index in [-0.39, 0.29) is 17.3 Å². The van der Waals surface area contributed by atoms with E-state index in [0.29, 0.717) is 41.8 Å². The number of hydrogen-bond donors (Lipinski definition) is 1. The van der Waals surface area contributed by atoms with Crippen LogP contribution in [0.2, 0.25) is 5.02 Å². The van der Waals surface area contributed by atoms with Crippen LogP contribution in [0.5, 0.6) is 5.75 Å². The number of sulfonamides is 1. The maximum Gasteiger partial charge on any atom is 0.264 e. The van der Waals surface area contributed by atoms with Crippen molar-refractivity contribution < 1.29 is 17.5 Å². The maximum atomic E-state index is 13.5. The van der Waals surface area contributed by atoms with Gasteiger partial charge >= 0.3 is 0 Å². The third-order valence-electron chi connectivity index (χ3n) is 4.82. The number of nitrogens with one attached hydrogen (secondary N) is 1. The molecule has 3 rings (SSSR count). The van der Waals surface area contributed by atoms with Crippen LogP contribution in [0.1, 0.15) is 0 Å². The SMILES string of the molecule is CN(C)CCN(c1ccccc1NCCOc1ccc(F)cc1)S(=O)(=O)c1ccc(Cl)cc1. The van der Waals surface area contributed by atoms with Gasteiger partial charge in [0.2, 0.25) is 0 Å². The molecule has 0 spiro atoms. The van der Waals surface area contributed by atoms with Gasteiger partial charge in [-0.15, -0.1) is 0 Å². The average molecular weight is 492 g/mol. The second-order valence-electron chi connectivity index (χ2n) is 7.58. The second-order valence-corrected chi connectivity index (χ2v) is 9.88. The maximum absolute atomic E-state index is 13.5. The van der Waals surface area contributed by atoms with Gasteiger partial charge in [0.15, 0.2) is 0 Å². The summed E-state index contributed by atoms with van der Waals surface area (Å²) >= 11 is 5.95. The smallest absolute Gasteiger partial charge is 0.264 e. The average Bonchev–Trinajstić information content (AvgIpc) is 2.79. The van der Waals surface area contributed by atoms with Crippen molar-refractivity contribution in [3.8, 4) is 5.75 Å². The van der Waals surface area contributed by atoms with Crippen LogP contribution in [0.15, 0.2) is 77.7 Å². The van der Waals surface area contributed by atoms with Gasteiger partial charge in [-0.3, -0.25) is 4.31 Å². The Kier molecular flexibility index (Phi) is 8.55. The fourth-order valence-corrected chi connectivity index (χ4v) is 4.72. The molecule has 0 unspecified atom stereocenters. The molecule has 0 amide bonds. The molecule has 33 heavy (non-hydrogen) atoms. The zero-order valence-electron chi connectivity index (χ0n) is 18.5. The molecular weight excluding hydrogens is 465 g/mol. The Morgan fingerprint density at radius 3 is 2.27 bits per heavy atom. The Labute approximate surface area is 199 Å². The third kappa shape index (κ3) is 6.83. The van der Waals surface area contributed by atoms with Crippen LogP contribution >= 0.6 is 11.6 Å². The van der Waals surface area contributed by atoms with Crippen molar-refractivity contribution in [3.05, 3.63) is 83.6 Å². The highest BCUT2D eigenvalue weighted by atomic mass is 35.5. The molecule has 3 aromatic carbocycles. The monoisotopic (exact) mass is 491 g/mol. The minimum Gasteiger partial charge on any atom is -0.492 e. The Hall–Kier alpha value is -2.81. The first-order chi connectivity index (χ1) is 15.8. The summed E-state index contributed by atoms with van der Waals surface area (Å²) in [5.74, 6) is 0.235. The van der Waals surface area contributed by atoms with Gasteiger partial charge in [0.05, 0.1) is 16.3 Å². The normalized spacial score (nSPS) is 11.4. The van der Waals surface area contributed by atoms with Crippen LogP contribution in [-0.4, -0.2) is 53.7 Å². The number of halogens is 2. The van der Waals surface area contributed by atoms with Crippen molar-refractivity contribution in [2.45, 2.75) is 4.90 Å². The van der Waals surface area contributed by atoms with Crippen molar-refractivity contribution in [2.24, 2.45) is 0 Å². The number of nitrogens with zero attached hydrogens (tertiary/aromatic N) is 2. The van der Waals surface area contributed by atoms with E-state index >= 15 is 0 Å². The van der Waals surface area contributed by atoms with Crippen molar-refractivity contribution >= 4 is 33.0 Å². The largest absolute Gasteiger partial charge is 0.492 e. The Morgan fingerprint density at radius 1 is 0.939 bits per heavy atom. The lowest BCUT2D eigenvalue weighted by Gasteiger charge is -2.28. The lowest BCUT2D eigenvalue weighted by atomic mass is 10.2. The number of benzene rings is 3. The highest BCUT2D eigenvalue weighted by Crippen LogP contribution is 2.31. The summed E-state index contributed by atoms with van der Waals surface area (Å²) in [7, 11) is -0.0397. The number of likely N-dealkylation sites (N-methyl/N-ethyl adjacent to an activating group) is 1. The Bertz CT molecular complexity index is 1140. The van der Waals surface area contributed by atoms with Gasteiger partial charge in [0, 0.05) is 24.7 Å². The molecule has 0 fully saturated rings. The van der Waals surface area contributed by atoms with Gasteiger partial charge in [-0.05, 0) is 74.8 Å². The van der Waals surface area contributed by atoms with E-state index in [1.165, 1.54) is 28.6 Å². The quantitative estimate of drug-likeness (QED) is 0.393. The van der Waals surface area contributed by atoms with Crippen LogP contribution in [0.25, 0.3) is 0 Å². The lowest BCUT2D eigenvalue weighted by molar-refractivity contribution is 0.332. The van der Waals surface area contributed by atoms with E-state index < -0.39 is 10.0 Å². The lowest BCUT2D eigenvalue weighted by Crippen LogP contribution is -2.37. The zero-order valence-corrected chi connectivity index (χ0v) is 20.1. The minimum absolute atomic E-state index is 0.167. The van der Waals surface area contributed by atoms with Crippen LogP contribution in [-0.2, 0) is 10.0 Å². The fourth-order valence-electron chi connectivity index (χ4n) is 3.12. The van der Waals surface area contributed by atoms with E-state index in [2.05, 4.69) is 5.32 Å². The summed E-state index contributed by atoms with van der Waals surface area (Å²) in [6.07, 6.45) is 0. The first-order valence-electron chi connectivity index (χ1n) is 10.4. The summed E-state index contributed by atoms with van der Waals surface area (Å²) in [4.78, 5) is 2.09. The van der Waals surface area contributed by atoms with E-state index in [1.807, 2.05) is 31.1 Å². The Morgan fingerprint density at radius 2 is 1.61 bits per heavy atom. The van der Waals surface area contributed by atoms with Crippen LogP contribution in [0.3, 0.4) is 0 Å². The summed E-state index contributed by atoms with van der Waals surface area (Å²) < 4.78 is 47.1. The van der Waals surface area contributed by atoms with Gasteiger partial charge in [-0.25, -0.2) is 12.8 Å². The molecule has 0 saturated heterocycles. The molecule has 0 saturated carbocycles. The van der Waals surface area contributed by atoms with Crippen LogP contribution in [0.4, 0.5) is 15.8 Å². The second kappa shape index (κ2) is 11.4. The zero-order chi connectivity index (χ0) is 23.8. The molecule has 0 aromatic heterocycles. The van der Waals surface area contributed by atoms with Crippen molar-refractivity contribution in [3.63, 3.8) is 0 Å². The molecule has 0 bridgehead atoms. The third-order valence-corrected chi connectivity index (χ3v) is 6.90. The molecular formula is C24H27ClFN3O3S. The molecule has 0 aliphatic heterocycles. The number of para-hydroxylation sites is 2. The van der Waals surface area contributed by atoms with Gasteiger partial charge in [0.25, 0.3) is 10.0 Å². The van der Waals surface area contributed by atoms with Crippen LogP contribution < -0.4 is 14.4 Å². The van der Waals surface area contributed by atoms with Gasteiger partial charge in [-0.1, -0.05) is 23.7 Å². The predicted octanol–water partition coefficient (Wildman–Crippen LogP) is 4.73. The number of ether oxygens (including phenoxy) is 1. The number of rotatable bonds is 11. The number of anilines is 2. The molecule has 0 aliphatic rings. The fraction of sp³-hybridized carbons (Fsp3) is 0.250. The van der Waals surface area contributed by atoms with Gasteiger partial charge in [-0.2, -0.15) is 0 Å². The van der Waals surface area contributed by atoms with E-state index in [1.54, 1.807) is 36.4 Å². The molecule has 1 N–H and O–H groups in total. The Balaban J connectivity index is 1.80. The highest BCUT2D eigenvalue weighted by molar-refractivity contribution is 7.92. The van der Waals surface area contributed by atoms with Gasteiger partial charge in [0.1, 0.15) is 18.2 Å². The van der Waals surface area contributed by atoms with E-state index in [9.17, 15) is 12.8 Å². The standard InChI is InChI=1S/C24H27ClFN3O3S/c1-28(2)16-17-29(33(30,31)22-13-7-19(25)8-14-22)24-6-4-3-5-23(24)27-15-18-32-21-11-9-20(26)10-12-21/h3-14,27H,15-18H2,1-2H3. The number of hydrogen-bond acceptors (Lipinski definition) is 5. The summed E-state index contributed by atoms with van der Waals surface area (Å²) in [5.41, 5.74) is 1.20. The summed E-state index contributed by atoms with van der Waals surface area (Å²) in [6.45, 7) is 1.55. The molecule has 3 aromatic rings. The molecule has 0 radical (unpaired) electrons. The van der Waals surface area contributed by atoms with E-state index in [4.69, 9.17) is 16.3 Å². The first kappa shape index (κ1) is 24.8. The van der Waals surface area contributed by atoms with E-state index in [0.717, 1.165) is 0 Å².